The van der Waals surface area contributed by atoms with Crippen molar-refractivity contribution in [3.63, 3.8) is 0 Å². The van der Waals surface area contributed by atoms with Crippen LogP contribution in [0.2, 0.25) is 0 Å². The summed E-state index contributed by atoms with van der Waals surface area (Å²) in [6.07, 6.45) is 19.8. The zero-order chi connectivity index (χ0) is 29.7. The first kappa shape index (κ1) is 31.1. The molecule has 1 aromatic carbocycles. The molecule has 2 aliphatic carbocycles. The van der Waals surface area contributed by atoms with Gasteiger partial charge in [-0.2, -0.15) is 0 Å². The Morgan fingerprint density at radius 2 is 1.43 bits per heavy atom. The average molecular weight is 607 g/mol. The van der Waals surface area contributed by atoms with Crippen molar-refractivity contribution >= 4 is 11.0 Å². The first-order valence-electron chi connectivity index (χ1n) is 18.4. The third-order valence-electron chi connectivity index (χ3n) is 12.0. The van der Waals surface area contributed by atoms with E-state index in [1.165, 1.54) is 107 Å². The number of nitrogens with zero attached hydrogens (tertiary/aromatic N) is 4. The molecule has 1 aromatic heterocycles. The molecular formula is C37H58N4O3. The molecule has 244 valence electrons. The molecule has 7 rings (SSSR count). The van der Waals surface area contributed by atoms with E-state index >= 15 is 0 Å². The molecule has 0 amide bonds. The van der Waals surface area contributed by atoms with Gasteiger partial charge in [-0.15, -0.1) is 0 Å². The SMILES string of the molecule is COCCOCCOCCN1CCC[C@@H](c2nc3ccccc3n2C2C[C@H]3CCC[C@@H](C2)N3C2C[C@H]3CCCC[C@@H](C2)C3)C1. The Kier molecular flexibility index (Phi) is 10.6. The van der Waals surface area contributed by atoms with Gasteiger partial charge in [0.25, 0.3) is 0 Å². The molecule has 7 heteroatoms. The predicted octanol–water partition coefficient (Wildman–Crippen LogP) is 6.81. The van der Waals surface area contributed by atoms with Crippen LogP contribution >= 0.6 is 0 Å². The zero-order valence-electron chi connectivity index (χ0n) is 27.4. The van der Waals surface area contributed by atoms with Gasteiger partial charge in [0.15, 0.2) is 0 Å². The van der Waals surface area contributed by atoms with Gasteiger partial charge in [0.05, 0.1) is 44.1 Å². The lowest BCUT2D eigenvalue weighted by atomic mass is 9.73. The molecule has 0 radical (unpaired) electrons. The maximum absolute atomic E-state index is 5.92. The van der Waals surface area contributed by atoms with Gasteiger partial charge in [0.2, 0.25) is 0 Å². The van der Waals surface area contributed by atoms with Gasteiger partial charge in [0, 0.05) is 50.3 Å². The number of hydrogen-bond acceptors (Lipinski definition) is 6. The molecule has 4 heterocycles. The average Bonchev–Trinajstić information content (AvgIpc) is 3.35. The molecule has 4 bridgehead atoms. The molecule has 7 atom stereocenters. The van der Waals surface area contributed by atoms with Crippen LogP contribution in [-0.4, -0.2) is 97.3 Å². The molecule has 44 heavy (non-hydrogen) atoms. The molecular weight excluding hydrogens is 548 g/mol. The second-order valence-electron chi connectivity index (χ2n) is 14.9. The predicted molar refractivity (Wildman–Crippen MR) is 176 cm³/mol. The second kappa shape index (κ2) is 14.9. The van der Waals surface area contributed by atoms with E-state index in [1.807, 2.05) is 0 Å². The van der Waals surface area contributed by atoms with E-state index in [0.29, 0.717) is 38.4 Å². The van der Waals surface area contributed by atoms with Gasteiger partial charge < -0.3 is 23.7 Å². The Morgan fingerprint density at radius 1 is 0.705 bits per heavy atom. The Morgan fingerprint density at radius 3 is 2.20 bits per heavy atom. The third kappa shape index (κ3) is 7.07. The van der Waals surface area contributed by atoms with Crippen LogP contribution in [0.3, 0.4) is 0 Å². The minimum absolute atomic E-state index is 0.493. The highest BCUT2D eigenvalue weighted by Crippen LogP contribution is 2.48. The van der Waals surface area contributed by atoms with Crippen molar-refractivity contribution in [2.75, 3.05) is 59.8 Å². The normalized spacial score (nSPS) is 33.4. The maximum Gasteiger partial charge on any atom is 0.114 e. The van der Waals surface area contributed by atoms with Crippen molar-refractivity contribution in [1.29, 1.82) is 0 Å². The van der Waals surface area contributed by atoms with E-state index in [-0.39, 0.29) is 0 Å². The number of hydrogen-bond donors (Lipinski definition) is 0. The minimum atomic E-state index is 0.493. The van der Waals surface area contributed by atoms with Gasteiger partial charge in [-0.05, 0) is 88.3 Å². The lowest BCUT2D eigenvalue weighted by Crippen LogP contribution is -2.58. The molecule has 3 saturated heterocycles. The van der Waals surface area contributed by atoms with E-state index in [0.717, 1.165) is 56.2 Å². The van der Waals surface area contributed by atoms with Crippen LogP contribution in [0.25, 0.3) is 11.0 Å². The molecule has 3 aliphatic heterocycles. The monoisotopic (exact) mass is 606 g/mol. The fourth-order valence-electron chi connectivity index (χ4n) is 10.2. The number of likely N-dealkylation sites (tertiary alicyclic amines) is 1. The Balaban J connectivity index is 1.03. The summed E-state index contributed by atoms with van der Waals surface area (Å²) < 4.78 is 19.3. The molecule has 2 aromatic rings. The van der Waals surface area contributed by atoms with Crippen LogP contribution in [0.4, 0.5) is 0 Å². The van der Waals surface area contributed by atoms with Gasteiger partial charge in [-0.1, -0.05) is 44.2 Å². The number of piperidine rings is 3. The van der Waals surface area contributed by atoms with E-state index in [2.05, 4.69) is 38.6 Å². The summed E-state index contributed by atoms with van der Waals surface area (Å²) in [4.78, 5) is 11.1. The fourth-order valence-corrected chi connectivity index (χ4v) is 10.2. The van der Waals surface area contributed by atoms with Gasteiger partial charge in [-0.3, -0.25) is 4.90 Å². The Labute approximate surface area is 266 Å². The van der Waals surface area contributed by atoms with E-state index in [1.54, 1.807) is 7.11 Å². The highest BCUT2D eigenvalue weighted by molar-refractivity contribution is 5.76. The molecule has 0 spiro atoms. The molecule has 5 aliphatic rings. The quantitative estimate of drug-likeness (QED) is 0.248. The summed E-state index contributed by atoms with van der Waals surface area (Å²) >= 11 is 0. The molecule has 7 nitrogen and oxygen atoms in total. The van der Waals surface area contributed by atoms with Crippen LogP contribution in [-0.2, 0) is 14.2 Å². The Bertz CT molecular complexity index is 1160. The van der Waals surface area contributed by atoms with Crippen molar-refractivity contribution in [1.82, 2.24) is 19.4 Å². The minimum Gasteiger partial charge on any atom is -0.382 e. The lowest BCUT2D eigenvalue weighted by Gasteiger charge is -2.55. The van der Waals surface area contributed by atoms with Gasteiger partial charge in [-0.25, -0.2) is 4.98 Å². The highest BCUT2D eigenvalue weighted by atomic mass is 16.5. The Hall–Kier alpha value is -1.51. The van der Waals surface area contributed by atoms with Crippen molar-refractivity contribution in [2.45, 2.75) is 120 Å². The summed E-state index contributed by atoms with van der Waals surface area (Å²) in [6.45, 7) is 6.57. The number of para-hydroxylation sites is 2. The smallest absolute Gasteiger partial charge is 0.114 e. The summed E-state index contributed by atoms with van der Waals surface area (Å²) in [5.74, 6) is 3.85. The number of aromatic nitrogens is 2. The van der Waals surface area contributed by atoms with Crippen LogP contribution in [0.15, 0.2) is 24.3 Å². The maximum atomic E-state index is 5.92. The zero-order valence-corrected chi connectivity index (χ0v) is 27.4. The summed E-state index contributed by atoms with van der Waals surface area (Å²) in [7, 11) is 1.71. The largest absolute Gasteiger partial charge is 0.382 e. The molecule has 5 fully saturated rings. The van der Waals surface area contributed by atoms with Gasteiger partial charge in [0.1, 0.15) is 5.82 Å². The summed E-state index contributed by atoms with van der Waals surface area (Å²) in [5, 5.41) is 0. The number of rotatable bonds is 12. The number of fused-ring (bicyclic) bond motifs is 5. The lowest BCUT2D eigenvalue weighted by molar-refractivity contribution is -0.0422. The van der Waals surface area contributed by atoms with E-state index in [9.17, 15) is 0 Å². The van der Waals surface area contributed by atoms with Crippen LogP contribution < -0.4 is 0 Å². The number of ether oxygens (including phenoxy) is 3. The molecule has 0 N–H and O–H groups in total. The second-order valence-corrected chi connectivity index (χ2v) is 14.9. The van der Waals surface area contributed by atoms with Crippen LogP contribution in [0.5, 0.6) is 0 Å². The van der Waals surface area contributed by atoms with Crippen molar-refractivity contribution in [2.24, 2.45) is 11.8 Å². The number of imidazole rings is 1. The third-order valence-corrected chi connectivity index (χ3v) is 12.0. The standard InChI is InChI=1S/C37H58N4O3/c1-42-18-19-44-21-20-43-17-16-39-15-7-10-30(27-39)37-38-35-13-4-5-14-36(35)41(37)34-25-31-11-6-12-32(26-34)40(31)33-23-28-8-2-3-9-29(22-28)24-33/h4-5,13-14,28-34H,2-3,6-12,15-27H2,1H3/t28-,29+,30-,31-,32+,33?,34?/m1/s1. The number of methoxy groups -OCH3 is 1. The first-order valence-corrected chi connectivity index (χ1v) is 18.4. The van der Waals surface area contributed by atoms with E-state index < -0.39 is 0 Å². The molecule has 2 saturated carbocycles. The van der Waals surface area contributed by atoms with Crippen LogP contribution in [0, 0.1) is 11.8 Å². The van der Waals surface area contributed by atoms with Gasteiger partial charge >= 0.3 is 0 Å². The van der Waals surface area contributed by atoms with Crippen molar-refractivity contribution in [3.8, 4) is 0 Å². The fraction of sp³-hybridized carbons (Fsp3) is 0.811. The van der Waals surface area contributed by atoms with Crippen molar-refractivity contribution in [3.05, 3.63) is 30.1 Å². The van der Waals surface area contributed by atoms with Crippen molar-refractivity contribution < 1.29 is 14.2 Å². The summed E-state index contributed by atoms with van der Waals surface area (Å²) in [6, 6.07) is 11.9. The topological polar surface area (TPSA) is 52.0 Å². The highest BCUT2D eigenvalue weighted by Gasteiger charge is 2.45. The summed E-state index contributed by atoms with van der Waals surface area (Å²) in [5.41, 5.74) is 2.57. The molecule has 2 unspecified atom stereocenters. The first-order chi connectivity index (χ1) is 21.8. The van der Waals surface area contributed by atoms with E-state index in [4.69, 9.17) is 19.2 Å². The van der Waals surface area contributed by atoms with Crippen LogP contribution in [0.1, 0.15) is 108 Å². The number of benzene rings is 1.